The summed E-state index contributed by atoms with van der Waals surface area (Å²) in [5, 5.41) is 0. The molecule has 0 amide bonds. The summed E-state index contributed by atoms with van der Waals surface area (Å²) >= 11 is 0. The largest absolute Gasteiger partial charge is 0.299 e. The van der Waals surface area contributed by atoms with E-state index in [4.69, 9.17) is 0 Å². The molecule has 66 valence electrons. The van der Waals surface area contributed by atoms with Crippen LogP contribution in [-0.4, -0.2) is 5.78 Å². The third-order valence-corrected chi connectivity index (χ3v) is 3.52. The molecule has 0 aliphatic heterocycles. The van der Waals surface area contributed by atoms with Gasteiger partial charge in [-0.25, -0.2) is 0 Å². The first-order valence-corrected chi connectivity index (χ1v) is 4.90. The molecule has 0 aromatic carbocycles. The number of rotatable bonds is 0. The Kier molecular flexibility index (Phi) is 1.82. The Hall–Kier alpha value is -0.590. The number of Topliss-reactive ketones (excluding diaryl/α,β-unsaturated/α-hetero) is 1. The summed E-state index contributed by atoms with van der Waals surface area (Å²) in [6, 6.07) is 0. The van der Waals surface area contributed by atoms with Gasteiger partial charge in [0.15, 0.2) is 0 Å². The Labute approximate surface area is 73.8 Å². The molecule has 1 nitrogen and oxygen atoms in total. The van der Waals surface area contributed by atoms with Crippen LogP contribution in [0.3, 0.4) is 0 Å². The van der Waals surface area contributed by atoms with Gasteiger partial charge in [-0.2, -0.15) is 0 Å². The Morgan fingerprint density at radius 3 is 3.08 bits per heavy atom. The van der Waals surface area contributed by atoms with Crippen molar-refractivity contribution in [3.05, 3.63) is 12.2 Å². The molecule has 1 fully saturated rings. The Bertz CT molecular complexity index is 229. The van der Waals surface area contributed by atoms with Crippen molar-refractivity contribution in [1.82, 2.24) is 0 Å². The zero-order valence-corrected chi connectivity index (χ0v) is 7.68. The number of ketones is 1. The van der Waals surface area contributed by atoms with Gasteiger partial charge in [0.2, 0.25) is 0 Å². The maximum Gasteiger partial charge on any atom is 0.136 e. The number of fused-ring (bicyclic) bond motifs is 1. The molecule has 0 spiro atoms. The smallest absolute Gasteiger partial charge is 0.136 e. The normalized spacial score (nSPS) is 41.1. The van der Waals surface area contributed by atoms with Crippen LogP contribution in [0, 0.1) is 11.3 Å². The summed E-state index contributed by atoms with van der Waals surface area (Å²) in [6.07, 6.45) is 9.71. The van der Waals surface area contributed by atoms with E-state index in [1.165, 1.54) is 6.42 Å². The highest BCUT2D eigenvalue weighted by atomic mass is 16.1. The van der Waals surface area contributed by atoms with Crippen molar-refractivity contribution in [2.45, 2.75) is 39.0 Å². The minimum atomic E-state index is 0.310. The minimum absolute atomic E-state index is 0.310. The molecule has 1 saturated carbocycles. The lowest BCUT2D eigenvalue weighted by atomic mass is 9.62. The van der Waals surface area contributed by atoms with E-state index < -0.39 is 0 Å². The van der Waals surface area contributed by atoms with Crippen LogP contribution in [0.2, 0.25) is 0 Å². The Morgan fingerprint density at radius 1 is 1.50 bits per heavy atom. The van der Waals surface area contributed by atoms with E-state index in [0.29, 0.717) is 17.1 Å². The number of carbonyl (C=O) groups is 1. The van der Waals surface area contributed by atoms with Gasteiger partial charge < -0.3 is 0 Å². The highest BCUT2D eigenvalue weighted by Gasteiger charge is 2.41. The number of hydrogen-bond acceptors (Lipinski definition) is 1. The van der Waals surface area contributed by atoms with Crippen LogP contribution in [0.4, 0.5) is 0 Å². The number of allylic oxidation sites excluding steroid dienone is 2. The molecular formula is C11H16O. The van der Waals surface area contributed by atoms with E-state index in [1.807, 2.05) is 0 Å². The molecule has 0 unspecified atom stereocenters. The van der Waals surface area contributed by atoms with Crippen LogP contribution in [0.1, 0.15) is 39.0 Å². The summed E-state index contributed by atoms with van der Waals surface area (Å²) in [6.45, 7) is 2.28. The lowest BCUT2D eigenvalue weighted by Gasteiger charge is -2.41. The third kappa shape index (κ3) is 1.12. The lowest BCUT2D eigenvalue weighted by molar-refractivity contribution is -0.130. The monoisotopic (exact) mass is 164 g/mol. The van der Waals surface area contributed by atoms with Gasteiger partial charge in [-0.05, 0) is 31.1 Å². The van der Waals surface area contributed by atoms with Crippen molar-refractivity contribution in [3.63, 3.8) is 0 Å². The number of carbonyl (C=O) groups excluding carboxylic acids is 1. The first kappa shape index (κ1) is 8.03. The van der Waals surface area contributed by atoms with Gasteiger partial charge in [0.1, 0.15) is 5.78 Å². The van der Waals surface area contributed by atoms with Crippen LogP contribution < -0.4 is 0 Å². The zero-order valence-electron chi connectivity index (χ0n) is 7.68. The highest BCUT2D eigenvalue weighted by Crippen LogP contribution is 2.46. The molecule has 0 radical (unpaired) electrons. The molecule has 0 N–H and O–H groups in total. The minimum Gasteiger partial charge on any atom is -0.299 e. The first-order chi connectivity index (χ1) is 5.72. The second-order valence-electron chi connectivity index (χ2n) is 4.44. The Morgan fingerprint density at radius 2 is 2.33 bits per heavy atom. The van der Waals surface area contributed by atoms with Crippen LogP contribution >= 0.6 is 0 Å². The van der Waals surface area contributed by atoms with Crippen molar-refractivity contribution >= 4 is 5.78 Å². The second-order valence-corrected chi connectivity index (χ2v) is 4.44. The molecule has 2 rings (SSSR count). The summed E-state index contributed by atoms with van der Waals surface area (Å²) in [4.78, 5) is 11.6. The van der Waals surface area contributed by atoms with Crippen LogP contribution in [-0.2, 0) is 4.79 Å². The number of hydrogen-bond donors (Lipinski definition) is 0. The van der Waals surface area contributed by atoms with E-state index in [9.17, 15) is 4.79 Å². The summed E-state index contributed by atoms with van der Waals surface area (Å²) < 4.78 is 0. The third-order valence-electron chi connectivity index (χ3n) is 3.52. The fourth-order valence-electron chi connectivity index (χ4n) is 2.65. The van der Waals surface area contributed by atoms with Gasteiger partial charge in [-0.15, -0.1) is 0 Å². The van der Waals surface area contributed by atoms with E-state index in [2.05, 4.69) is 19.1 Å². The van der Waals surface area contributed by atoms with Crippen molar-refractivity contribution in [1.29, 1.82) is 0 Å². The van der Waals surface area contributed by atoms with Gasteiger partial charge in [-0.1, -0.05) is 19.1 Å². The fraction of sp³-hybridized carbons (Fsp3) is 0.727. The first-order valence-electron chi connectivity index (χ1n) is 4.90. The van der Waals surface area contributed by atoms with E-state index in [-0.39, 0.29) is 0 Å². The van der Waals surface area contributed by atoms with Gasteiger partial charge >= 0.3 is 0 Å². The van der Waals surface area contributed by atoms with Crippen LogP contribution in [0.25, 0.3) is 0 Å². The quantitative estimate of drug-likeness (QED) is 0.503. The molecule has 0 heterocycles. The van der Waals surface area contributed by atoms with Crippen LogP contribution in [0.15, 0.2) is 12.2 Å². The fourth-order valence-corrected chi connectivity index (χ4v) is 2.65. The average molecular weight is 164 g/mol. The second kappa shape index (κ2) is 2.72. The molecule has 0 aromatic heterocycles. The average Bonchev–Trinajstić information content (AvgIpc) is 2.04. The molecule has 2 aliphatic carbocycles. The summed E-state index contributed by atoms with van der Waals surface area (Å²) in [5.74, 6) is 0.851. The predicted molar refractivity (Wildman–Crippen MR) is 48.8 cm³/mol. The van der Waals surface area contributed by atoms with Gasteiger partial charge in [0.25, 0.3) is 0 Å². The van der Waals surface area contributed by atoms with Crippen molar-refractivity contribution in [2.75, 3.05) is 0 Å². The SMILES string of the molecule is C[C@]12CC=CC[C@H]1C(=O)CCC2. The summed E-state index contributed by atoms with van der Waals surface area (Å²) in [5.41, 5.74) is 0.310. The highest BCUT2D eigenvalue weighted by molar-refractivity contribution is 5.83. The predicted octanol–water partition coefficient (Wildman–Crippen LogP) is 2.71. The van der Waals surface area contributed by atoms with E-state index in [1.54, 1.807) is 0 Å². The molecule has 2 aliphatic rings. The van der Waals surface area contributed by atoms with Gasteiger partial charge in [0, 0.05) is 12.3 Å². The van der Waals surface area contributed by atoms with Gasteiger partial charge in [-0.3, -0.25) is 4.79 Å². The van der Waals surface area contributed by atoms with E-state index >= 15 is 0 Å². The molecule has 1 heteroatoms. The van der Waals surface area contributed by atoms with Crippen molar-refractivity contribution in [3.8, 4) is 0 Å². The molecule has 0 aromatic rings. The molecule has 12 heavy (non-hydrogen) atoms. The van der Waals surface area contributed by atoms with Crippen LogP contribution in [0.5, 0.6) is 0 Å². The molecule has 0 bridgehead atoms. The molecular weight excluding hydrogens is 148 g/mol. The van der Waals surface area contributed by atoms with Gasteiger partial charge in [0.05, 0.1) is 0 Å². The topological polar surface area (TPSA) is 17.1 Å². The standard InChI is InChI=1S/C11H16O/c1-11-7-3-2-5-9(11)10(12)6-4-8-11/h2-3,9H,4-8H2,1H3/t9-,11+/m0/s1. The van der Waals surface area contributed by atoms with Crippen molar-refractivity contribution < 1.29 is 4.79 Å². The zero-order chi connectivity index (χ0) is 8.60. The van der Waals surface area contributed by atoms with Crippen molar-refractivity contribution in [2.24, 2.45) is 11.3 Å². The molecule has 0 saturated heterocycles. The molecule has 2 atom stereocenters. The Balaban J connectivity index is 2.25. The lowest BCUT2D eigenvalue weighted by Crippen LogP contribution is -2.38. The maximum atomic E-state index is 11.6. The van der Waals surface area contributed by atoms with E-state index in [0.717, 1.165) is 25.7 Å². The maximum absolute atomic E-state index is 11.6. The summed E-state index contributed by atoms with van der Waals surface area (Å²) in [7, 11) is 0.